The molecule has 1 heterocycles. The fourth-order valence-electron chi connectivity index (χ4n) is 3.24. The third-order valence-electron chi connectivity index (χ3n) is 4.95. The van der Waals surface area contributed by atoms with Crippen molar-refractivity contribution in [3.05, 3.63) is 34.9 Å². The first-order chi connectivity index (χ1) is 11.0. The number of benzene rings is 1. The fraction of sp³-hybridized carbons (Fsp3) is 0.529. The monoisotopic (exact) mass is 336 g/mol. The highest BCUT2D eigenvalue weighted by molar-refractivity contribution is 6.30. The van der Waals surface area contributed by atoms with Gasteiger partial charge < -0.3 is 15.3 Å². The molecule has 1 saturated carbocycles. The summed E-state index contributed by atoms with van der Waals surface area (Å²) in [6, 6.07) is 7.63. The summed E-state index contributed by atoms with van der Waals surface area (Å²) in [7, 11) is 0. The van der Waals surface area contributed by atoms with Crippen LogP contribution in [0.5, 0.6) is 0 Å². The second kappa shape index (κ2) is 6.40. The molecule has 1 unspecified atom stereocenters. The van der Waals surface area contributed by atoms with Crippen molar-refractivity contribution in [2.75, 3.05) is 19.6 Å². The number of hydrogen-bond acceptors (Lipinski definition) is 2. The van der Waals surface area contributed by atoms with Crippen LogP contribution in [0.2, 0.25) is 5.02 Å². The molecule has 0 spiro atoms. The number of urea groups is 1. The molecule has 124 valence electrons. The molecular weight excluding hydrogens is 316 g/mol. The number of aliphatic carboxylic acids is 1. The van der Waals surface area contributed by atoms with Crippen molar-refractivity contribution in [2.24, 2.45) is 5.92 Å². The molecule has 0 radical (unpaired) electrons. The highest BCUT2D eigenvalue weighted by Gasteiger charge is 2.44. The van der Waals surface area contributed by atoms with Gasteiger partial charge >= 0.3 is 12.0 Å². The molecule has 0 bridgehead atoms. The molecule has 1 aliphatic carbocycles. The molecule has 23 heavy (non-hydrogen) atoms. The van der Waals surface area contributed by atoms with E-state index in [-0.39, 0.29) is 11.4 Å². The number of amides is 2. The number of carboxylic acids is 1. The maximum Gasteiger partial charge on any atom is 0.317 e. The molecule has 6 heteroatoms. The van der Waals surface area contributed by atoms with Crippen LogP contribution in [0.15, 0.2) is 24.3 Å². The van der Waals surface area contributed by atoms with Gasteiger partial charge in [-0.15, -0.1) is 0 Å². The minimum Gasteiger partial charge on any atom is -0.481 e. The Bertz CT molecular complexity index is 598. The van der Waals surface area contributed by atoms with E-state index in [1.165, 1.54) is 5.56 Å². The summed E-state index contributed by atoms with van der Waals surface area (Å²) < 4.78 is 0. The van der Waals surface area contributed by atoms with Crippen LogP contribution in [-0.4, -0.2) is 41.6 Å². The molecule has 5 nitrogen and oxygen atoms in total. The number of halogens is 1. The first kappa shape index (κ1) is 16.1. The van der Waals surface area contributed by atoms with E-state index in [4.69, 9.17) is 16.7 Å². The van der Waals surface area contributed by atoms with E-state index in [2.05, 4.69) is 5.32 Å². The van der Waals surface area contributed by atoms with Gasteiger partial charge in [0, 0.05) is 30.1 Å². The summed E-state index contributed by atoms with van der Waals surface area (Å²) in [5.74, 6) is -1.26. The lowest BCUT2D eigenvalue weighted by Crippen LogP contribution is -2.48. The Morgan fingerprint density at radius 2 is 2.00 bits per heavy atom. The Labute approximate surface area is 140 Å². The normalized spacial score (nSPS) is 22.5. The summed E-state index contributed by atoms with van der Waals surface area (Å²) in [4.78, 5) is 25.0. The quantitative estimate of drug-likeness (QED) is 0.888. The standard InChI is InChI=1S/C17H21ClN2O3/c18-14-5-3-13(4-6-14)17(7-8-17)11-19-16(23)20-9-1-2-12(10-20)15(21)22/h3-6,12H,1-2,7-11H2,(H,19,23)(H,21,22). The van der Waals surface area contributed by atoms with E-state index in [1.807, 2.05) is 24.3 Å². The summed E-state index contributed by atoms with van der Waals surface area (Å²) >= 11 is 5.93. The molecule has 2 amide bonds. The highest BCUT2D eigenvalue weighted by Crippen LogP contribution is 2.47. The molecule has 3 rings (SSSR count). The van der Waals surface area contributed by atoms with E-state index in [0.29, 0.717) is 31.1 Å². The van der Waals surface area contributed by atoms with Crippen molar-refractivity contribution in [2.45, 2.75) is 31.1 Å². The molecule has 1 aromatic rings. The SMILES string of the molecule is O=C(O)C1CCCN(C(=O)NCC2(c3ccc(Cl)cc3)CC2)C1. The zero-order valence-electron chi connectivity index (χ0n) is 12.9. The largest absolute Gasteiger partial charge is 0.481 e. The van der Waals surface area contributed by atoms with Crippen molar-refractivity contribution >= 4 is 23.6 Å². The summed E-state index contributed by atoms with van der Waals surface area (Å²) in [5.41, 5.74) is 1.21. The molecular formula is C17H21ClN2O3. The Morgan fingerprint density at radius 3 is 2.61 bits per heavy atom. The van der Waals surface area contributed by atoms with Crippen LogP contribution in [0.3, 0.4) is 0 Å². The predicted molar refractivity (Wildman–Crippen MR) is 87.7 cm³/mol. The summed E-state index contributed by atoms with van der Waals surface area (Å²) in [6.45, 7) is 1.51. The van der Waals surface area contributed by atoms with E-state index in [0.717, 1.165) is 19.3 Å². The van der Waals surface area contributed by atoms with Gasteiger partial charge in [0.1, 0.15) is 0 Å². The number of piperidine rings is 1. The van der Waals surface area contributed by atoms with E-state index < -0.39 is 11.9 Å². The van der Waals surface area contributed by atoms with Crippen LogP contribution in [0.4, 0.5) is 4.79 Å². The van der Waals surface area contributed by atoms with Gasteiger partial charge in [0.05, 0.1) is 5.92 Å². The number of likely N-dealkylation sites (tertiary alicyclic amines) is 1. The number of carbonyl (C=O) groups is 2. The first-order valence-electron chi connectivity index (χ1n) is 8.02. The minimum absolute atomic E-state index is 0.0161. The Kier molecular flexibility index (Phi) is 4.48. The lowest BCUT2D eigenvalue weighted by atomic mass is 9.96. The number of carbonyl (C=O) groups excluding carboxylic acids is 1. The van der Waals surface area contributed by atoms with Crippen LogP contribution >= 0.6 is 11.6 Å². The number of nitrogens with one attached hydrogen (secondary N) is 1. The lowest BCUT2D eigenvalue weighted by molar-refractivity contribution is -0.143. The zero-order chi connectivity index (χ0) is 16.4. The Balaban J connectivity index is 1.56. The zero-order valence-corrected chi connectivity index (χ0v) is 13.7. The molecule has 2 N–H and O–H groups in total. The molecule has 2 fully saturated rings. The maximum absolute atomic E-state index is 12.3. The average Bonchev–Trinajstić information content (AvgIpc) is 3.34. The second-order valence-corrected chi connectivity index (χ2v) is 7.01. The summed E-state index contributed by atoms with van der Waals surface area (Å²) in [5, 5.41) is 12.8. The smallest absolute Gasteiger partial charge is 0.317 e. The highest BCUT2D eigenvalue weighted by atomic mass is 35.5. The van der Waals surface area contributed by atoms with Gasteiger partial charge in [0.15, 0.2) is 0 Å². The number of carboxylic acid groups (broad SMARTS) is 1. The van der Waals surface area contributed by atoms with Gasteiger partial charge in [0.25, 0.3) is 0 Å². The van der Waals surface area contributed by atoms with Crippen LogP contribution in [-0.2, 0) is 10.2 Å². The van der Waals surface area contributed by atoms with Gasteiger partial charge in [-0.1, -0.05) is 23.7 Å². The first-order valence-corrected chi connectivity index (χ1v) is 8.40. The minimum atomic E-state index is -0.817. The fourth-order valence-corrected chi connectivity index (χ4v) is 3.37. The molecule has 1 atom stereocenters. The second-order valence-electron chi connectivity index (χ2n) is 6.57. The number of hydrogen-bond donors (Lipinski definition) is 2. The Hall–Kier alpha value is -1.75. The molecule has 1 aromatic carbocycles. The molecule has 1 saturated heterocycles. The van der Waals surface area contributed by atoms with E-state index in [9.17, 15) is 9.59 Å². The number of nitrogens with zero attached hydrogens (tertiary/aromatic N) is 1. The van der Waals surface area contributed by atoms with Crippen molar-refractivity contribution in [1.29, 1.82) is 0 Å². The van der Waals surface area contributed by atoms with Crippen LogP contribution in [0, 0.1) is 5.92 Å². The van der Waals surface area contributed by atoms with Gasteiger partial charge in [-0.3, -0.25) is 4.79 Å². The van der Waals surface area contributed by atoms with E-state index in [1.54, 1.807) is 4.90 Å². The van der Waals surface area contributed by atoms with Gasteiger partial charge in [-0.05, 0) is 43.4 Å². The Morgan fingerprint density at radius 1 is 1.30 bits per heavy atom. The van der Waals surface area contributed by atoms with Crippen molar-refractivity contribution in [3.63, 3.8) is 0 Å². The average molecular weight is 337 g/mol. The molecule has 1 aliphatic heterocycles. The lowest BCUT2D eigenvalue weighted by Gasteiger charge is -2.31. The topological polar surface area (TPSA) is 69.6 Å². The third-order valence-corrected chi connectivity index (χ3v) is 5.20. The van der Waals surface area contributed by atoms with Crippen LogP contribution in [0.25, 0.3) is 0 Å². The van der Waals surface area contributed by atoms with Gasteiger partial charge in [-0.2, -0.15) is 0 Å². The molecule has 2 aliphatic rings. The predicted octanol–water partition coefficient (Wildman–Crippen LogP) is 2.88. The third kappa shape index (κ3) is 3.61. The van der Waals surface area contributed by atoms with Gasteiger partial charge in [0.2, 0.25) is 0 Å². The van der Waals surface area contributed by atoms with Crippen molar-refractivity contribution in [1.82, 2.24) is 10.2 Å². The van der Waals surface area contributed by atoms with Gasteiger partial charge in [-0.25, -0.2) is 4.79 Å². The summed E-state index contributed by atoms with van der Waals surface area (Å²) in [6.07, 6.45) is 3.49. The molecule has 0 aromatic heterocycles. The van der Waals surface area contributed by atoms with Crippen molar-refractivity contribution < 1.29 is 14.7 Å². The maximum atomic E-state index is 12.3. The number of rotatable bonds is 4. The van der Waals surface area contributed by atoms with Crippen LogP contribution < -0.4 is 5.32 Å². The van der Waals surface area contributed by atoms with Crippen LogP contribution in [0.1, 0.15) is 31.2 Å². The van der Waals surface area contributed by atoms with Crippen molar-refractivity contribution in [3.8, 4) is 0 Å². The van der Waals surface area contributed by atoms with E-state index >= 15 is 0 Å².